The van der Waals surface area contributed by atoms with E-state index in [1.807, 2.05) is 0 Å². The molecule has 0 bridgehead atoms. The van der Waals surface area contributed by atoms with Crippen LogP contribution < -0.4 is 11.1 Å². The molecule has 0 aromatic carbocycles. The van der Waals surface area contributed by atoms with Crippen molar-refractivity contribution in [3.63, 3.8) is 0 Å². The van der Waals surface area contributed by atoms with Crippen LogP contribution in [0.25, 0.3) is 0 Å². The van der Waals surface area contributed by atoms with Crippen molar-refractivity contribution in [3.8, 4) is 0 Å². The molecule has 3 nitrogen and oxygen atoms in total. The smallest absolute Gasteiger partial charge is 0.117 e. The molecule has 0 saturated carbocycles. The fraction of sp³-hybridized carbons (Fsp3) is 0.750. The Balaban J connectivity index is 2.78. The summed E-state index contributed by atoms with van der Waals surface area (Å²) in [5.41, 5.74) is 6.89. The van der Waals surface area contributed by atoms with Crippen LogP contribution in [0.4, 0.5) is 0 Å². The summed E-state index contributed by atoms with van der Waals surface area (Å²) in [7, 11) is 0. The van der Waals surface area contributed by atoms with E-state index in [0.29, 0.717) is 22.5 Å². The zero-order valence-corrected chi connectivity index (χ0v) is 11.9. The van der Waals surface area contributed by atoms with Gasteiger partial charge in [-0.15, -0.1) is 0 Å². The minimum atomic E-state index is 0.161. The molecule has 0 spiro atoms. The lowest BCUT2D eigenvalue weighted by atomic mass is 9.86. The Kier molecular flexibility index (Phi) is 4.99. The zero-order valence-electron chi connectivity index (χ0n) is 10.3. The Morgan fingerprint density at radius 1 is 1.50 bits per heavy atom. The maximum atomic E-state index is 6.02. The van der Waals surface area contributed by atoms with Crippen molar-refractivity contribution < 1.29 is 0 Å². The minimum Gasteiger partial charge on any atom is -0.386 e. The average Bonchev–Trinajstić information content (AvgIpc) is 2.37. The maximum Gasteiger partial charge on any atom is 0.117 e. The van der Waals surface area contributed by atoms with Crippen LogP contribution in [0.3, 0.4) is 0 Å². The number of amidine groups is 1. The molecule has 3 N–H and O–H groups in total. The summed E-state index contributed by atoms with van der Waals surface area (Å²) < 4.78 is 0. The van der Waals surface area contributed by atoms with E-state index in [9.17, 15) is 0 Å². The van der Waals surface area contributed by atoms with Gasteiger partial charge in [0.1, 0.15) is 5.84 Å². The van der Waals surface area contributed by atoms with Crippen LogP contribution in [0.1, 0.15) is 27.2 Å². The number of nitrogens with one attached hydrogen (secondary N) is 1. The lowest BCUT2D eigenvalue weighted by molar-refractivity contribution is 0.334. The van der Waals surface area contributed by atoms with Gasteiger partial charge in [-0.05, 0) is 11.8 Å². The summed E-state index contributed by atoms with van der Waals surface area (Å²) in [5.74, 6) is 1.66. The number of rotatable bonds is 3. The monoisotopic (exact) mass is 287 g/mol. The second-order valence-corrected chi connectivity index (χ2v) is 6.12. The second-order valence-electron chi connectivity index (χ2n) is 4.68. The molecule has 4 atom stereocenters. The molecular formula is C12H22BrN3. The maximum absolute atomic E-state index is 6.02. The van der Waals surface area contributed by atoms with E-state index in [0.717, 1.165) is 18.7 Å². The van der Waals surface area contributed by atoms with Crippen molar-refractivity contribution >= 4 is 21.8 Å². The molecule has 0 radical (unpaired) electrons. The van der Waals surface area contributed by atoms with Gasteiger partial charge < -0.3 is 11.1 Å². The highest BCUT2D eigenvalue weighted by Crippen LogP contribution is 2.24. The van der Waals surface area contributed by atoms with Crippen LogP contribution in [0, 0.1) is 11.8 Å². The topological polar surface area (TPSA) is 50.4 Å². The van der Waals surface area contributed by atoms with E-state index in [-0.39, 0.29) is 6.04 Å². The summed E-state index contributed by atoms with van der Waals surface area (Å²) in [4.78, 5) is 4.82. The summed E-state index contributed by atoms with van der Waals surface area (Å²) >= 11 is 3.63. The Bertz CT molecular complexity index is 286. The third kappa shape index (κ3) is 3.32. The summed E-state index contributed by atoms with van der Waals surface area (Å²) in [6.45, 7) is 11.4. The summed E-state index contributed by atoms with van der Waals surface area (Å²) in [5, 5.41) is 3.46. The van der Waals surface area contributed by atoms with Crippen LogP contribution >= 0.6 is 15.9 Å². The van der Waals surface area contributed by atoms with Crippen LogP contribution in [0.2, 0.25) is 0 Å². The van der Waals surface area contributed by atoms with Gasteiger partial charge in [0.05, 0.1) is 6.04 Å². The lowest BCUT2D eigenvalue weighted by Crippen LogP contribution is -2.48. The normalized spacial score (nSPS) is 27.9. The number of nitrogens with two attached hydrogens (primary N) is 1. The van der Waals surface area contributed by atoms with E-state index in [1.54, 1.807) is 0 Å². The number of halogens is 1. The van der Waals surface area contributed by atoms with Gasteiger partial charge in [-0.2, -0.15) is 0 Å². The molecular weight excluding hydrogens is 266 g/mol. The van der Waals surface area contributed by atoms with Crippen molar-refractivity contribution in [1.82, 2.24) is 5.32 Å². The Morgan fingerprint density at radius 2 is 2.12 bits per heavy atom. The molecule has 16 heavy (non-hydrogen) atoms. The van der Waals surface area contributed by atoms with Crippen LogP contribution in [-0.2, 0) is 0 Å². The first kappa shape index (κ1) is 13.7. The lowest BCUT2D eigenvalue weighted by Gasteiger charge is -2.30. The molecule has 1 aliphatic heterocycles. The first-order chi connectivity index (χ1) is 7.43. The van der Waals surface area contributed by atoms with Gasteiger partial charge in [0, 0.05) is 23.5 Å². The summed E-state index contributed by atoms with van der Waals surface area (Å²) in [6, 6.07) is 0.161. The highest BCUT2D eigenvalue weighted by molar-refractivity contribution is 9.09. The number of hydrogen-bond donors (Lipinski definition) is 2. The second kappa shape index (κ2) is 5.82. The van der Waals surface area contributed by atoms with Gasteiger partial charge in [-0.25, -0.2) is 4.99 Å². The number of hydrogen-bond acceptors (Lipinski definition) is 3. The number of nitrogens with zero attached hydrogens (tertiary/aromatic N) is 1. The Morgan fingerprint density at radius 3 is 2.69 bits per heavy atom. The molecule has 0 fully saturated rings. The molecule has 1 heterocycles. The zero-order chi connectivity index (χ0) is 12.3. The molecule has 1 aliphatic rings. The van der Waals surface area contributed by atoms with Crippen molar-refractivity contribution in [2.45, 2.75) is 38.1 Å². The minimum absolute atomic E-state index is 0.161. The van der Waals surface area contributed by atoms with Gasteiger partial charge >= 0.3 is 0 Å². The number of aliphatic imine (C=N–C) groups is 1. The molecule has 2 unspecified atom stereocenters. The predicted octanol–water partition coefficient (Wildman–Crippen LogP) is 2.27. The quantitative estimate of drug-likeness (QED) is 0.783. The van der Waals surface area contributed by atoms with Gasteiger partial charge in [-0.1, -0.05) is 43.3 Å². The van der Waals surface area contributed by atoms with Crippen molar-refractivity contribution in [2.75, 3.05) is 6.54 Å². The predicted molar refractivity (Wildman–Crippen MR) is 73.9 cm³/mol. The molecule has 4 heteroatoms. The SMILES string of the molecule is C=C1CCNC(C(C)[C@@H](C)[C@@H](C)Br)C(N)=N1. The molecule has 0 aromatic rings. The molecule has 0 saturated heterocycles. The molecule has 1 rings (SSSR count). The first-order valence-electron chi connectivity index (χ1n) is 5.82. The van der Waals surface area contributed by atoms with Crippen LogP contribution in [0.15, 0.2) is 17.3 Å². The third-order valence-corrected chi connectivity index (χ3v) is 4.30. The van der Waals surface area contributed by atoms with E-state index >= 15 is 0 Å². The van der Waals surface area contributed by atoms with E-state index in [1.165, 1.54) is 0 Å². The van der Waals surface area contributed by atoms with E-state index in [2.05, 4.69) is 53.6 Å². The van der Waals surface area contributed by atoms with E-state index in [4.69, 9.17) is 5.73 Å². The van der Waals surface area contributed by atoms with Crippen LogP contribution in [-0.4, -0.2) is 23.2 Å². The highest BCUT2D eigenvalue weighted by Gasteiger charge is 2.28. The Labute approximate surface area is 107 Å². The largest absolute Gasteiger partial charge is 0.386 e. The fourth-order valence-corrected chi connectivity index (χ4v) is 2.44. The van der Waals surface area contributed by atoms with Crippen molar-refractivity contribution in [2.24, 2.45) is 22.6 Å². The fourth-order valence-electron chi connectivity index (χ4n) is 1.96. The third-order valence-electron chi connectivity index (χ3n) is 3.46. The molecule has 0 aromatic heterocycles. The van der Waals surface area contributed by atoms with Gasteiger partial charge in [0.15, 0.2) is 0 Å². The van der Waals surface area contributed by atoms with Crippen LogP contribution in [0.5, 0.6) is 0 Å². The number of alkyl halides is 1. The Hall–Kier alpha value is -0.350. The summed E-state index contributed by atoms with van der Waals surface area (Å²) in [6.07, 6.45) is 0.877. The van der Waals surface area contributed by atoms with Gasteiger partial charge in [-0.3, -0.25) is 0 Å². The van der Waals surface area contributed by atoms with E-state index < -0.39 is 0 Å². The van der Waals surface area contributed by atoms with Gasteiger partial charge in [0.2, 0.25) is 0 Å². The molecule has 0 amide bonds. The van der Waals surface area contributed by atoms with Crippen molar-refractivity contribution in [3.05, 3.63) is 12.3 Å². The van der Waals surface area contributed by atoms with Gasteiger partial charge in [0.25, 0.3) is 0 Å². The molecule has 92 valence electrons. The average molecular weight is 288 g/mol. The first-order valence-corrected chi connectivity index (χ1v) is 6.74. The highest BCUT2D eigenvalue weighted by atomic mass is 79.9. The standard InChI is InChI=1S/C12H22BrN3/c1-7-5-6-15-11(12(14)16-7)9(3)8(2)10(4)13/h8-11,15H,1,5-6H2,2-4H3,(H2,14,16)/t8-,9?,10-,11?/m1/s1. The molecule has 0 aliphatic carbocycles. The van der Waals surface area contributed by atoms with Crippen molar-refractivity contribution in [1.29, 1.82) is 0 Å².